The van der Waals surface area contributed by atoms with Gasteiger partial charge in [0.05, 0.1) is 17.6 Å². The van der Waals surface area contributed by atoms with E-state index < -0.39 is 0 Å². The molecule has 24 heavy (non-hydrogen) atoms. The van der Waals surface area contributed by atoms with Crippen molar-refractivity contribution < 1.29 is 0 Å². The van der Waals surface area contributed by atoms with Crippen LogP contribution in [0.15, 0.2) is 42.9 Å². The fraction of sp³-hybridized carbons (Fsp3) is 0.333. The molecule has 1 aliphatic rings. The Morgan fingerprint density at radius 1 is 1.04 bits per heavy atom. The second-order valence-corrected chi connectivity index (χ2v) is 6.34. The van der Waals surface area contributed by atoms with Crippen LogP contribution in [-0.2, 0) is 0 Å². The summed E-state index contributed by atoms with van der Waals surface area (Å²) in [6.45, 7) is 6.41. The second-order valence-electron chi connectivity index (χ2n) is 6.34. The molecule has 1 aliphatic heterocycles. The van der Waals surface area contributed by atoms with Crippen molar-refractivity contribution >= 4 is 5.69 Å². The standard InChI is InChI=1S/C18H22N6/c1-14-17(13-20-21-14)24-8-7-19-18(24)15-3-5-16(6-4-15)23-11-9-22(2)10-12-23/h3-8,13H,9-12H2,1-2H3,(H,20,21). The maximum absolute atomic E-state index is 4.54. The number of imidazole rings is 1. The van der Waals surface area contributed by atoms with Gasteiger partial charge in [-0.15, -0.1) is 0 Å². The third-order valence-electron chi connectivity index (χ3n) is 4.70. The number of nitrogens with zero attached hydrogens (tertiary/aromatic N) is 5. The van der Waals surface area contributed by atoms with Gasteiger partial charge in [-0.05, 0) is 38.2 Å². The number of piperazine rings is 1. The Labute approximate surface area is 141 Å². The van der Waals surface area contributed by atoms with Crippen LogP contribution in [0.25, 0.3) is 17.1 Å². The van der Waals surface area contributed by atoms with Gasteiger partial charge in [0.15, 0.2) is 0 Å². The number of H-pyrrole nitrogens is 1. The monoisotopic (exact) mass is 322 g/mol. The lowest BCUT2D eigenvalue weighted by Gasteiger charge is -2.34. The van der Waals surface area contributed by atoms with E-state index >= 15 is 0 Å². The van der Waals surface area contributed by atoms with Crippen molar-refractivity contribution in [2.24, 2.45) is 0 Å². The van der Waals surface area contributed by atoms with Gasteiger partial charge in [-0.25, -0.2) is 4.98 Å². The van der Waals surface area contributed by atoms with Crippen molar-refractivity contribution in [2.45, 2.75) is 6.92 Å². The van der Waals surface area contributed by atoms with Crippen LogP contribution in [0.3, 0.4) is 0 Å². The molecule has 3 aromatic rings. The summed E-state index contributed by atoms with van der Waals surface area (Å²) in [5.41, 5.74) is 4.46. The van der Waals surface area contributed by atoms with Crippen molar-refractivity contribution in [3.05, 3.63) is 48.5 Å². The first-order valence-electron chi connectivity index (χ1n) is 8.30. The Balaban J connectivity index is 1.60. The van der Waals surface area contributed by atoms with Crippen LogP contribution in [0, 0.1) is 6.92 Å². The maximum atomic E-state index is 4.54. The lowest BCUT2D eigenvalue weighted by Crippen LogP contribution is -2.44. The van der Waals surface area contributed by atoms with E-state index in [1.807, 2.05) is 25.5 Å². The summed E-state index contributed by atoms with van der Waals surface area (Å²) in [7, 11) is 2.18. The average Bonchev–Trinajstić information content (AvgIpc) is 3.24. The van der Waals surface area contributed by atoms with Crippen LogP contribution in [0.4, 0.5) is 5.69 Å². The van der Waals surface area contributed by atoms with Crippen molar-refractivity contribution in [1.29, 1.82) is 0 Å². The van der Waals surface area contributed by atoms with Crippen LogP contribution < -0.4 is 4.90 Å². The molecule has 2 aromatic heterocycles. The van der Waals surface area contributed by atoms with Crippen molar-refractivity contribution in [3.63, 3.8) is 0 Å². The third kappa shape index (κ3) is 2.69. The molecule has 0 bridgehead atoms. The number of aromatic amines is 1. The van der Waals surface area contributed by atoms with Crippen LogP contribution in [0.2, 0.25) is 0 Å². The van der Waals surface area contributed by atoms with E-state index in [0.29, 0.717) is 0 Å². The van der Waals surface area contributed by atoms with Gasteiger partial charge in [-0.2, -0.15) is 5.10 Å². The van der Waals surface area contributed by atoms with E-state index in [1.54, 1.807) is 0 Å². The molecule has 0 aliphatic carbocycles. The Hall–Kier alpha value is -2.60. The van der Waals surface area contributed by atoms with E-state index in [4.69, 9.17) is 0 Å². The first-order valence-corrected chi connectivity index (χ1v) is 8.30. The molecular weight excluding hydrogens is 300 g/mol. The smallest absolute Gasteiger partial charge is 0.144 e. The van der Waals surface area contributed by atoms with Gasteiger partial charge in [-0.3, -0.25) is 9.67 Å². The zero-order valence-electron chi connectivity index (χ0n) is 14.1. The summed E-state index contributed by atoms with van der Waals surface area (Å²) in [6, 6.07) is 8.70. The van der Waals surface area contributed by atoms with Crippen LogP contribution in [0.1, 0.15) is 5.69 Å². The van der Waals surface area contributed by atoms with Gasteiger partial charge in [0, 0.05) is 49.8 Å². The molecule has 1 saturated heterocycles. The summed E-state index contributed by atoms with van der Waals surface area (Å²) in [5, 5.41) is 7.09. The fourth-order valence-electron chi connectivity index (χ4n) is 3.18. The van der Waals surface area contributed by atoms with Gasteiger partial charge in [0.25, 0.3) is 0 Å². The zero-order valence-corrected chi connectivity index (χ0v) is 14.1. The molecule has 0 saturated carbocycles. The van der Waals surface area contributed by atoms with E-state index in [1.165, 1.54) is 5.69 Å². The van der Waals surface area contributed by atoms with Crippen molar-refractivity contribution in [3.8, 4) is 17.1 Å². The molecule has 1 fully saturated rings. The third-order valence-corrected chi connectivity index (χ3v) is 4.70. The molecule has 1 N–H and O–H groups in total. The molecule has 0 unspecified atom stereocenters. The Kier molecular flexibility index (Phi) is 3.82. The van der Waals surface area contributed by atoms with E-state index in [9.17, 15) is 0 Å². The van der Waals surface area contributed by atoms with E-state index in [-0.39, 0.29) is 0 Å². The number of hydrogen-bond donors (Lipinski definition) is 1. The van der Waals surface area contributed by atoms with Crippen LogP contribution in [0.5, 0.6) is 0 Å². The molecule has 6 heteroatoms. The summed E-state index contributed by atoms with van der Waals surface area (Å²) in [4.78, 5) is 9.35. The summed E-state index contributed by atoms with van der Waals surface area (Å²) in [5.74, 6) is 0.935. The van der Waals surface area contributed by atoms with Crippen LogP contribution in [-0.4, -0.2) is 57.9 Å². The molecule has 0 amide bonds. The molecule has 0 atom stereocenters. The predicted molar refractivity (Wildman–Crippen MR) is 95.6 cm³/mol. The summed E-state index contributed by atoms with van der Waals surface area (Å²) in [6.07, 6.45) is 5.64. The molecular formula is C18H22N6. The quantitative estimate of drug-likeness (QED) is 0.804. The van der Waals surface area contributed by atoms with E-state index in [0.717, 1.165) is 48.9 Å². The Morgan fingerprint density at radius 2 is 1.79 bits per heavy atom. The molecule has 1 aromatic carbocycles. The lowest BCUT2D eigenvalue weighted by molar-refractivity contribution is 0.313. The predicted octanol–water partition coefficient (Wildman–Crippen LogP) is 2.32. The largest absolute Gasteiger partial charge is 0.369 e. The highest BCUT2D eigenvalue weighted by atomic mass is 15.2. The molecule has 0 spiro atoms. The zero-order chi connectivity index (χ0) is 16.5. The SMILES string of the molecule is Cc1[nH]ncc1-n1ccnc1-c1ccc(N2CCN(C)CC2)cc1. The Morgan fingerprint density at radius 3 is 2.46 bits per heavy atom. The van der Waals surface area contributed by atoms with Gasteiger partial charge >= 0.3 is 0 Å². The number of rotatable bonds is 3. The molecule has 6 nitrogen and oxygen atoms in total. The first kappa shape index (κ1) is 15.0. The molecule has 0 radical (unpaired) electrons. The number of benzene rings is 1. The van der Waals surface area contributed by atoms with Gasteiger partial charge in [0.2, 0.25) is 0 Å². The van der Waals surface area contributed by atoms with E-state index in [2.05, 4.69) is 60.9 Å². The molecule has 3 heterocycles. The van der Waals surface area contributed by atoms with Gasteiger partial charge in [0.1, 0.15) is 5.82 Å². The normalized spacial score (nSPS) is 15.8. The number of hydrogen-bond acceptors (Lipinski definition) is 4. The maximum Gasteiger partial charge on any atom is 0.144 e. The fourth-order valence-corrected chi connectivity index (χ4v) is 3.18. The molecule has 4 rings (SSSR count). The number of likely N-dealkylation sites (N-methyl/N-ethyl adjacent to an activating group) is 1. The topological polar surface area (TPSA) is 53.0 Å². The summed E-state index contributed by atoms with van der Waals surface area (Å²) < 4.78 is 2.07. The lowest BCUT2D eigenvalue weighted by atomic mass is 10.1. The van der Waals surface area contributed by atoms with Crippen molar-refractivity contribution in [2.75, 3.05) is 38.1 Å². The number of aromatic nitrogens is 4. The number of aryl methyl sites for hydroxylation is 1. The molecule has 124 valence electrons. The minimum Gasteiger partial charge on any atom is -0.369 e. The highest BCUT2D eigenvalue weighted by Crippen LogP contribution is 2.25. The second kappa shape index (κ2) is 6.13. The number of anilines is 1. The first-order chi connectivity index (χ1) is 11.7. The van der Waals surface area contributed by atoms with Crippen molar-refractivity contribution in [1.82, 2.24) is 24.6 Å². The average molecular weight is 322 g/mol. The minimum absolute atomic E-state index is 0.935. The number of nitrogens with one attached hydrogen (secondary N) is 1. The highest BCUT2D eigenvalue weighted by molar-refractivity contribution is 5.63. The highest BCUT2D eigenvalue weighted by Gasteiger charge is 2.15. The minimum atomic E-state index is 0.935. The Bertz CT molecular complexity index is 808. The summed E-state index contributed by atoms with van der Waals surface area (Å²) >= 11 is 0. The van der Waals surface area contributed by atoms with Gasteiger partial charge in [-0.1, -0.05) is 0 Å². The van der Waals surface area contributed by atoms with Gasteiger partial charge < -0.3 is 9.80 Å². The van der Waals surface area contributed by atoms with Crippen LogP contribution >= 0.6 is 0 Å².